The van der Waals surface area contributed by atoms with Crippen molar-refractivity contribution < 1.29 is 4.84 Å². The molecule has 0 spiro atoms. The van der Waals surface area contributed by atoms with Gasteiger partial charge < -0.3 is 4.84 Å². The van der Waals surface area contributed by atoms with Gasteiger partial charge in [0.2, 0.25) is 0 Å². The molecule has 4 heteroatoms. The van der Waals surface area contributed by atoms with Crippen LogP contribution >= 0.6 is 0 Å². The van der Waals surface area contributed by atoms with E-state index in [0.717, 1.165) is 5.56 Å². The molecule has 86 valence electrons. The Kier molecular flexibility index (Phi) is 3.21. The van der Waals surface area contributed by atoms with Crippen LogP contribution in [0.25, 0.3) is 0 Å². The predicted octanol–water partition coefficient (Wildman–Crippen LogP) is 1.81. The molecule has 0 aliphatic heterocycles. The molecule has 0 amide bonds. The maximum Gasteiger partial charge on any atom is 0.0771 e. The predicted molar refractivity (Wildman–Crippen MR) is 60.4 cm³/mol. The van der Waals surface area contributed by atoms with Crippen molar-refractivity contribution >= 4 is 0 Å². The van der Waals surface area contributed by atoms with Crippen LogP contribution < -0.4 is 5.90 Å². The first-order chi connectivity index (χ1) is 6.77. The van der Waals surface area contributed by atoms with Crippen LogP contribution in [-0.4, -0.2) is 16.4 Å². The molecular weight excluding hydrogens is 190 g/mol. The molecular formula is C11H21N3O. The first-order valence-corrected chi connectivity index (χ1v) is 5.15. The maximum atomic E-state index is 5.12. The van der Waals surface area contributed by atoms with Gasteiger partial charge in [0.15, 0.2) is 0 Å². The Morgan fingerprint density at radius 3 is 2.33 bits per heavy atom. The van der Waals surface area contributed by atoms with Gasteiger partial charge in [-0.05, 0) is 26.3 Å². The van der Waals surface area contributed by atoms with E-state index in [1.807, 2.05) is 10.9 Å². The third-order valence-corrected chi connectivity index (χ3v) is 2.50. The van der Waals surface area contributed by atoms with Crippen molar-refractivity contribution in [2.24, 2.45) is 5.90 Å². The molecule has 1 rings (SSSR count). The second-order valence-corrected chi connectivity index (χ2v) is 5.54. The smallest absolute Gasteiger partial charge is 0.0771 e. The first-order valence-electron chi connectivity index (χ1n) is 5.15. The van der Waals surface area contributed by atoms with E-state index in [-0.39, 0.29) is 11.0 Å². The maximum absolute atomic E-state index is 5.12. The van der Waals surface area contributed by atoms with Crippen molar-refractivity contribution in [3.8, 4) is 0 Å². The number of nitrogens with two attached hydrogens (primary N) is 1. The van der Waals surface area contributed by atoms with E-state index in [1.165, 1.54) is 0 Å². The molecule has 0 aromatic carbocycles. The van der Waals surface area contributed by atoms with E-state index in [2.05, 4.69) is 45.9 Å². The Balaban J connectivity index is 2.94. The molecule has 0 aliphatic carbocycles. The molecule has 1 aromatic heterocycles. The lowest BCUT2D eigenvalue weighted by Gasteiger charge is -2.22. The fourth-order valence-corrected chi connectivity index (χ4v) is 1.33. The molecule has 0 unspecified atom stereocenters. The lowest BCUT2D eigenvalue weighted by Crippen LogP contribution is -2.26. The molecule has 0 saturated carbocycles. The lowest BCUT2D eigenvalue weighted by molar-refractivity contribution is 0.0963. The molecule has 2 N–H and O–H groups in total. The summed E-state index contributed by atoms with van der Waals surface area (Å²) in [4.78, 5) is 4.72. The third kappa shape index (κ3) is 2.79. The minimum Gasteiger partial charge on any atom is -0.304 e. The van der Waals surface area contributed by atoms with Crippen LogP contribution in [0.5, 0.6) is 0 Å². The van der Waals surface area contributed by atoms with Crippen molar-refractivity contribution in [3.63, 3.8) is 0 Å². The van der Waals surface area contributed by atoms with Gasteiger partial charge in [-0.3, -0.25) is 4.68 Å². The molecule has 0 saturated heterocycles. The minimum absolute atomic E-state index is 0.0118. The number of hydrogen-bond acceptors (Lipinski definition) is 3. The second-order valence-electron chi connectivity index (χ2n) is 5.54. The van der Waals surface area contributed by atoms with Gasteiger partial charge in [0, 0.05) is 11.6 Å². The zero-order valence-corrected chi connectivity index (χ0v) is 10.2. The van der Waals surface area contributed by atoms with Crippen molar-refractivity contribution in [1.29, 1.82) is 0 Å². The Bertz CT molecular complexity index is 323. The molecule has 0 atom stereocenters. The van der Waals surface area contributed by atoms with E-state index >= 15 is 0 Å². The van der Waals surface area contributed by atoms with E-state index in [4.69, 9.17) is 10.7 Å². The fraction of sp³-hybridized carbons (Fsp3) is 0.727. The summed E-state index contributed by atoms with van der Waals surface area (Å²) in [5.41, 5.74) is 1.05. The van der Waals surface area contributed by atoms with Gasteiger partial charge in [-0.15, -0.1) is 0 Å². The van der Waals surface area contributed by atoms with Gasteiger partial charge in [0.25, 0.3) is 0 Å². The van der Waals surface area contributed by atoms with Gasteiger partial charge in [0.05, 0.1) is 18.3 Å². The Hall–Kier alpha value is -0.870. The lowest BCUT2D eigenvalue weighted by atomic mass is 9.88. The normalized spacial score (nSPS) is 13.2. The summed E-state index contributed by atoms with van der Waals surface area (Å²) >= 11 is 0. The SMILES string of the molecule is CC(C)(CON)c1cnn(C(C)(C)C)c1. The second kappa shape index (κ2) is 3.94. The van der Waals surface area contributed by atoms with E-state index < -0.39 is 0 Å². The monoisotopic (exact) mass is 211 g/mol. The van der Waals surface area contributed by atoms with Crippen molar-refractivity contribution in [2.75, 3.05) is 6.61 Å². The molecule has 0 aliphatic rings. The topological polar surface area (TPSA) is 53.1 Å². The highest BCUT2D eigenvalue weighted by Crippen LogP contribution is 2.24. The average molecular weight is 211 g/mol. The Morgan fingerprint density at radius 2 is 1.93 bits per heavy atom. The molecule has 15 heavy (non-hydrogen) atoms. The van der Waals surface area contributed by atoms with Crippen molar-refractivity contribution in [3.05, 3.63) is 18.0 Å². The van der Waals surface area contributed by atoms with Crippen LogP contribution in [0.3, 0.4) is 0 Å². The zero-order chi connectivity index (χ0) is 11.7. The molecule has 1 heterocycles. The molecule has 0 radical (unpaired) electrons. The molecule has 4 nitrogen and oxygen atoms in total. The number of aromatic nitrogens is 2. The van der Waals surface area contributed by atoms with Crippen LogP contribution in [0.15, 0.2) is 12.4 Å². The fourth-order valence-electron chi connectivity index (χ4n) is 1.33. The van der Waals surface area contributed by atoms with Crippen molar-refractivity contribution in [1.82, 2.24) is 9.78 Å². The quantitative estimate of drug-likeness (QED) is 0.776. The summed E-state index contributed by atoms with van der Waals surface area (Å²) < 4.78 is 1.96. The highest BCUT2D eigenvalue weighted by Gasteiger charge is 2.24. The number of nitrogens with zero attached hydrogens (tertiary/aromatic N) is 2. The molecule has 0 fully saturated rings. The summed E-state index contributed by atoms with van der Waals surface area (Å²) in [7, 11) is 0. The Morgan fingerprint density at radius 1 is 1.33 bits per heavy atom. The van der Waals surface area contributed by atoms with Gasteiger partial charge in [-0.1, -0.05) is 13.8 Å². The van der Waals surface area contributed by atoms with Crippen LogP contribution in [0.2, 0.25) is 0 Å². The zero-order valence-electron chi connectivity index (χ0n) is 10.2. The average Bonchev–Trinajstić information content (AvgIpc) is 2.50. The van der Waals surface area contributed by atoms with Gasteiger partial charge >= 0.3 is 0 Å². The summed E-state index contributed by atoms with van der Waals surface area (Å²) in [6.45, 7) is 11.0. The largest absolute Gasteiger partial charge is 0.304 e. The van der Waals surface area contributed by atoms with Gasteiger partial charge in [0.1, 0.15) is 0 Å². The number of hydrogen-bond donors (Lipinski definition) is 1. The summed E-state index contributed by atoms with van der Waals surface area (Å²) in [5, 5.41) is 4.36. The third-order valence-electron chi connectivity index (χ3n) is 2.50. The van der Waals surface area contributed by atoms with Gasteiger partial charge in [-0.25, -0.2) is 5.90 Å². The summed E-state index contributed by atoms with van der Waals surface area (Å²) in [6.07, 6.45) is 3.93. The van der Waals surface area contributed by atoms with E-state index in [0.29, 0.717) is 6.61 Å². The summed E-state index contributed by atoms with van der Waals surface area (Å²) in [6, 6.07) is 0. The molecule has 0 bridgehead atoms. The molecule has 1 aromatic rings. The highest BCUT2D eigenvalue weighted by molar-refractivity contribution is 5.17. The van der Waals surface area contributed by atoms with Crippen LogP contribution in [0.1, 0.15) is 40.2 Å². The van der Waals surface area contributed by atoms with Crippen LogP contribution in [0, 0.1) is 0 Å². The number of rotatable bonds is 3. The minimum atomic E-state index is -0.0990. The van der Waals surface area contributed by atoms with Crippen LogP contribution in [0.4, 0.5) is 0 Å². The van der Waals surface area contributed by atoms with E-state index in [1.54, 1.807) is 0 Å². The Labute approximate surface area is 91.4 Å². The van der Waals surface area contributed by atoms with E-state index in [9.17, 15) is 0 Å². The van der Waals surface area contributed by atoms with Gasteiger partial charge in [-0.2, -0.15) is 5.10 Å². The first kappa shape index (κ1) is 12.2. The highest BCUT2D eigenvalue weighted by atomic mass is 16.6. The van der Waals surface area contributed by atoms with Crippen molar-refractivity contribution in [2.45, 2.75) is 45.6 Å². The summed E-state index contributed by atoms with van der Waals surface area (Å²) in [5.74, 6) is 5.12. The van der Waals surface area contributed by atoms with Crippen LogP contribution in [-0.2, 0) is 15.8 Å². The standard InChI is InChI=1S/C11H21N3O/c1-10(2,3)14-7-9(6-13-14)11(4,5)8-15-12/h6-7H,8,12H2,1-5H3.